The molecule has 1 amide bonds. The van der Waals surface area contributed by atoms with Crippen molar-refractivity contribution in [3.05, 3.63) is 0 Å². The second kappa shape index (κ2) is 10.0. The largest absolute Gasteiger partial charge is 0.355 e. The lowest BCUT2D eigenvalue weighted by Gasteiger charge is -2.02. The molecule has 3 nitrogen and oxygen atoms in total. The van der Waals surface area contributed by atoms with Gasteiger partial charge in [0.15, 0.2) is 0 Å². The second-order valence-corrected chi connectivity index (χ2v) is 3.45. The molecule has 0 unspecified atom stereocenters. The quantitative estimate of drug-likeness (QED) is 0.606. The molecule has 3 heteroatoms. The van der Waals surface area contributed by atoms with Crippen LogP contribution < -0.4 is 5.32 Å². The lowest BCUT2D eigenvalue weighted by atomic mass is 10.1. The summed E-state index contributed by atoms with van der Waals surface area (Å²) in [7, 11) is 0. The maximum Gasteiger partial charge on any atom is 0.234 e. The summed E-state index contributed by atoms with van der Waals surface area (Å²) in [4.78, 5) is 10.8. The van der Waals surface area contributed by atoms with Crippen LogP contribution in [0.5, 0.6) is 0 Å². The Morgan fingerprint density at radius 3 is 2.50 bits per heavy atom. The Kier molecular flexibility index (Phi) is 9.30. The van der Waals surface area contributed by atoms with Gasteiger partial charge in [0.2, 0.25) is 5.91 Å². The number of carbonyl (C=O) groups excluding carboxylic acids is 1. The van der Waals surface area contributed by atoms with Gasteiger partial charge in [0, 0.05) is 6.54 Å². The predicted octanol–water partition coefficient (Wildman–Crippen LogP) is 2.38. The predicted molar refractivity (Wildman–Crippen MR) is 56.6 cm³/mol. The van der Waals surface area contributed by atoms with Gasteiger partial charge in [-0.1, -0.05) is 39.0 Å². The first kappa shape index (κ1) is 13.0. The van der Waals surface area contributed by atoms with E-state index in [0.717, 1.165) is 6.42 Å². The van der Waals surface area contributed by atoms with Crippen LogP contribution in [0.25, 0.3) is 0 Å². The molecular weight excluding hydrogens is 176 g/mol. The summed E-state index contributed by atoms with van der Waals surface area (Å²) in [5, 5.41) is 10.9. The van der Waals surface area contributed by atoms with Crippen molar-refractivity contribution in [2.75, 3.05) is 6.54 Å². The monoisotopic (exact) mass is 196 g/mol. The summed E-state index contributed by atoms with van der Waals surface area (Å²) < 4.78 is 0. The van der Waals surface area contributed by atoms with Gasteiger partial charge in [0.25, 0.3) is 0 Å². The van der Waals surface area contributed by atoms with Crippen LogP contribution >= 0.6 is 0 Å². The lowest BCUT2D eigenvalue weighted by Crippen LogP contribution is -2.23. The number of unbranched alkanes of at least 4 members (excludes halogenated alkanes) is 5. The number of hydrogen-bond donors (Lipinski definition) is 1. The molecule has 0 heterocycles. The Balaban J connectivity index is 3.06. The third-order valence-electron chi connectivity index (χ3n) is 2.09. The SMILES string of the molecule is CCCCCCCCNC(=O)CC#N. The van der Waals surface area contributed by atoms with Gasteiger partial charge in [-0.25, -0.2) is 0 Å². The molecule has 0 radical (unpaired) electrons. The van der Waals surface area contributed by atoms with Crippen LogP contribution in [0.1, 0.15) is 51.9 Å². The van der Waals surface area contributed by atoms with E-state index in [0.29, 0.717) is 6.54 Å². The van der Waals surface area contributed by atoms with Crippen LogP contribution in [-0.4, -0.2) is 12.5 Å². The average molecular weight is 196 g/mol. The van der Waals surface area contributed by atoms with Gasteiger partial charge in [-0.15, -0.1) is 0 Å². The van der Waals surface area contributed by atoms with Crippen LogP contribution in [0.2, 0.25) is 0 Å². The van der Waals surface area contributed by atoms with Crippen molar-refractivity contribution in [3.8, 4) is 6.07 Å². The van der Waals surface area contributed by atoms with Crippen LogP contribution in [0.4, 0.5) is 0 Å². The molecule has 0 aliphatic heterocycles. The summed E-state index contributed by atoms with van der Waals surface area (Å²) in [6, 6.07) is 1.82. The van der Waals surface area contributed by atoms with Crippen molar-refractivity contribution in [1.82, 2.24) is 5.32 Å². The molecular formula is C11H20N2O. The van der Waals surface area contributed by atoms with Crippen molar-refractivity contribution < 1.29 is 4.79 Å². The van der Waals surface area contributed by atoms with Crippen LogP contribution in [0.3, 0.4) is 0 Å². The van der Waals surface area contributed by atoms with Gasteiger partial charge in [-0.05, 0) is 6.42 Å². The molecule has 0 saturated heterocycles. The van der Waals surface area contributed by atoms with E-state index in [9.17, 15) is 4.79 Å². The van der Waals surface area contributed by atoms with E-state index in [4.69, 9.17) is 5.26 Å². The second-order valence-electron chi connectivity index (χ2n) is 3.45. The van der Waals surface area contributed by atoms with Crippen molar-refractivity contribution in [2.24, 2.45) is 0 Å². The molecule has 0 rings (SSSR count). The molecule has 14 heavy (non-hydrogen) atoms. The molecule has 0 aromatic heterocycles. The highest BCUT2D eigenvalue weighted by atomic mass is 16.1. The van der Waals surface area contributed by atoms with Gasteiger partial charge in [-0.3, -0.25) is 4.79 Å². The van der Waals surface area contributed by atoms with Crippen LogP contribution in [0, 0.1) is 11.3 Å². The average Bonchev–Trinajstić information content (AvgIpc) is 2.17. The number of nitrogens with one attached hydrogen (secondary N) is 1. The molecule has 0 bridgehead atoms. The van der Waals surface area contributed by atoms with E-state index in [1.165, 1.54) is 32.1 Å². The molecule has 0 fully saturated rings. The third kappa shape index (κ3) is 9.05. The summed E-state index contributed by atoms with van der Waals surface area (Å²) in [5.41, 5.74) is 0. The van der Waals surface area contributed by atoms with E-state index < -0.39 is 0 Å². The maximum atomic E-state index is 10.8. The minimum absolute atomic E-state index is 0.0180. The first-order valence-corrected chi connectivity index (χ1v) is 5.45. The summed E-state index contributed by atoms with van der Waals surface area (Å²) in [6.45, 7) is 2.91. The molecule has 80 valence electrons. The van der Waals surface area contributed by atoms with Gasteiger partial charge < -0.3 is 5.32 Å². The lowest BCUT2D eigenvalue weighted by molar-refractivity contribution is -0.120. The summed E-state index contributed by atoms with van der Waals surface area (Å²) >= 11 is 0. The van der Waals surface area contributed by atoms with E-state index in [-0.39, 0.29) is 12.3 Å². The van der Waals surface area contributed by atoms with Gasteiger partial charge in [-0.2, -0.15) is 5.26 Å². The molecule has 0 aromatic rings. The molecule has 0 aromatic carbocycles. The zero-order chi connectivity index (χ0) is 10.6. The molecule has 1 N–H and O–H groups in total. The summed E-state index contributed by atoms with van der Waals surface area (Å²) in [6.07, 6.45) is 7.30. The van der Waals surface area contributed by atoms with E-state index in [1.807, 2.05) is 6.07 Å². The first-order valence-electron chi connectivity index (χ1n) is 5.45. The first-order chi connectivity index (χ1) is 6.81. The number of amides is 1. The number of carbonyl (C=O) groups is 1. The Bertz CT molecular complexity index is 184. The molecule has 0 atom stereocenters. The third-order valence-corrected chi connectivity index (χ3v) is 2.09. The molecule has 0 aliphatic carbocycles. The normalized spacial score (nSPS) is 9.43. The standard InChI is InChI=1S/C11H20N2O/c1-2-3-4-5-6-7-10-13-11(14)8-9-12/h2-8,10H2,1H3,(H,13,14). The van der Waals surface area contributed by atoms with Crippen LogP contribution in [0.15, 0.2) is 0 Å². The highest BCUT2D eigenvalue weighted by Crippen LogP contribution is 2.03. The van der Waals surface area contributed by atoms with Crippen LogP contribution in [-0.2, 0) is 4.79 Å². The van der Waals surface area contributed by atoms with Gasteiger partial charge in [0.1, 0.15) is 6.42 Å². The molecule has 0 saturated carbocycles. The van der Waals surface area contributed by atoms with E-state index in [1.54, 1.807) is 0 Å². The number of hydrogen-bond acceptors (Lipinski definition) is 2. The molecule has 0 aliphatic rings. The van der Waals surface area contributed by atoms with Crippen molar-refractivity contribution in [1.29, 1.82) is 5.26 Å². The smallest absolute Gasteiger partial charge is 0.234 e. The topological polar surface area (TPSA) is 52.9 Å². The zero-order valence-electron chi connectivity index (χ0n) is 9.01. The zero-order valence-corrected chi connectivity index (χ0v) is 9.01. The fourth-order valence-electron chi connectivity index (χ4n) is 1.27. The Labute approximate surface area is 86.5 Å². The number of nitrogens with zero attached hydrogens (tertiary/aromatic N) is 1. The highest BCUT2D eigenvalue weighted by molar-refractivity contribution is 5.77. The number of rotatable bonds is 8. The van der Waals surface area contributed by atoms with E-state index >= 15 is 0 Å². The fraction of sp³-hybridized carbons (Fsp3) is 0.818. The van der Waals surface area contributed by atoms with Gasteiger partial charge in [0.05, 0.1) is 6.07 Å². The number of nitriles is 1. The Morgan fingerprint density at radius 2 is 1.86 bits per heavy atom. The van der Waals surface area contributed by atoms with Crippen molar-refractivity contribution >= 4 is 5.91 Å². The minimum Gasteiger partial charge on any atom is -0.355 e. The summed E-state index contributed by atoms with van der Waals surface area (Å²) in [5.74, 6) is -0.152. The minimum atomic E-state index is -0.152. The Morgan fingerprint density at radius 1 is 1.21 bits per heavy atom. The highest BCUT2D eigenvalue weighted by Gasteiger charge is 1.97. The maximum absolute atomic E-state index is 10.8. The molecule has 0 spiro atoms. The van der Waals surface area contributed by atoms with E-state index in [2.05, 4.69) is 12.2 Å². The Hall–Kier alpha value is -1.04. The van der Waals surface area contributed by atoms with Crippen molar-refractivity contribution in [2.45, 2.75) is 51.9 Å². The fourth-order valence-corrected chi connectivity index (χ4v) is 1.27. The van der Waals surface area contributed by atoms with Crippen molar-refractivity contribution in [3.63, 3.8) is 0 Å². The van der Waals surface area contributed by atoms with Gasteiger partial charge >= 0.3 is 0 Å².